The highest BCUT2D eigenvalue weighted by atomic mass is 32.2. The minimum Gasteiger partial charge on any atom is -0.381 e. The van der Waals surface area contributed by atoms with Gasteiger partial charge in [-0.1, -0.05) is 12.1 Å². The lowest BCUT2D eigenvalue weighted by Gasteiger charge is -2.19. The van der Waals surface area contributed by atoms with Crippen LogP contribution in [0.25, 0.3) is 27.4 Å². The molecule has 4 aliphatic carbocycles. The van der Waals surface area contributed by atoms with E-state index < -0.39 is 130 Å². The number of nitrogens with one attached hydrogen (secondary N) is 4. The molecule has 350 valence electrons. The van der Waals surface area contributed by atoms with E-state index in [2.05, 4.69) is 41.9 Å². The first-order chi connectivity index (χ1) is 31.1. The molecule has 2 amide bonds. The fourth-order valence-electron chi connectivity index (χ4n) is 8.69. The van der Waals surface area contributed by atoms with Gasteiger partial charge < -0.3 is 20.1 Å². The Balaban J connectivity index is 0.957. The zero-order valence-electron chi connectivity index (χ0n) is 34.7. The summed E-state index contributed by atoms with van der Waals surface area (Å²) in [5.74, 6) is -3.68. The fourth-order valence-corrected chi connectivity index (χ4v) is 12.7. The summed E-state index contributed by atoms with van der Waals surface area (Å²) >= 11 is 0. The molecule has 2 heterocycles. The maximum Gasteiger partial charge on any atom is 0.417 e. The lowest BCUT2D eigenvalue weighted by molar-refractivity contribution is -0.140. The molecule has 6 atom stereocenters. The van der Waals surface area contributed by atoms with Crippen molar-refractivity contribution in [3.8, 4) is 34.7 Å². The molecule has 4 N–H and O–H groups in total. The number of sulfone groups is 2. The minimum atomic E-state index is -5.08. The first kappa shape index (κ1) is 46.7. The van der Waals surface area contributed by atoms with Gasteiger partial charge in [0.1, 0.15) is 5.54 Å². The molecule has 4 aliphatic rings. The summed E-state index contributed by atoms with van der Waals surface area (Å²) in [5.41, 5.74) is -4.51. The van der Waals surface area contributed by atoms with Crippen LogP contribution in [0, 0.1) is 29.2 Å². The van der Waals surface area contributed by atoms with Gasteiger partial charge in [0.25, 0.3) is 0 Å². The quantitative estimate of drug-likeness (QED) is 0.117. The van der Waals surface area contributed by atoms with Crippen LogP contribution in [-0.2, 0) is 51.1 Å². The Kier molecular flexibility index (Phi) is 12.1. The SMILES string of the molecule is COC1CC(S(=O)(=O)c2ccc(-c3ccn[nH]3)cc2C(F)(F)F)CC1C(=O)NC1(C#[N+]COC2CC(S(=O)(=O)c3ccc(-c4ccn[nH]4)cc3C(F)(F)F)CC2C(=O)NC2(C#N)CC2)CC1. The molecule has 24 heteroatoms. The van der Waals surface area contributed by atoms with Crippen molar-refractivity contribution in [2.45, 2.75) is 107 Å². The number of ether oxygens (including phenoxy) is 2. The number of methoxy groups -OCH3 is 1. The first-order valence-corrected chi connectivity index (χ1v) is 23.7. The zero-order chi connectivity index (χ0) is 47.5. The van der Waals surface area contributed by atoms with Gasteiger partial charge >= 0.3 is 25.2 Å². The predicted octanol–water partition coefficient (Wildman–Crippen LogP) is 5.82. The number of benzene rings is 2. The molecule has 2 aromatic heterocycles. The van der Waals surface area contributed by atoms with E-state index in [4.69, 9.17) is 9.47 Å². The van der Waals surface area contributed by atoms with Crippen molar-refractivity contribution in [1.82, 2.24) is 31.0 Å². The molecule has 4 fully saturated rings. The van der Waals surface area contributed by atoms with Crippen LogP contribution in [0.5, 0.6) is 0 Å². The molecule has 0 aliphatic heterocycles. The van der Waals surface area contributed by atoms with E-state index in [0.717, 1.165) is 18.2 Å². The third-order valence-corrected chi connectivity index (χ3v) is 17.1. The van der Waals surface area contributed by atoms with Gasteiger partial charge in [-0.05, 0) is 92.6 Å². The van der Waals surface area contributed by atoms with Crippen molar-refractivity contribution in [2.75, 3.05) is 13.8 Å². The van der Waals surface area contributed by atoms with Crippen LogP contribution in [0.1, 0.15) is 62.5 Å². The summed E-state index contributed by atoms with van der Waals surface area (Å²) in [5, 5.41) is 24.6. The van der Waals surface area contributed by atoms with Gasteiger partial charge in [0, 0.05) is 30.6 Å². The molecule has 66 heavy (non-hydrogen) atoms. The Morgan fingerprint density at radius 1 is 0.742 bits per heavy atom. The van der Waals surface area contributed by atoms with Gasteiger partial charge in [-0.25, -0.2) is 16.8 Å². The number of hydrogen-bond acceptors (Lipinski definition) is 11. The van der Waals surface area contributed by atoms with Crippen LogP contribution in [0.2, 0.25) is 0 Å². The lowest BCUT2D eigenvalue weighted by atomic mass is 10.0. The van der Waals surface area contributed by atoms with E-state index in [0.29, 0.717) is 31.7 Å². The second-order valence-corrected chi connectivity index (χ2v) is 21.4. The standard InChI is InChI=1S/C42H40F6N8O8S2/c1-63-33-18-25(65(59,60)35-4-2-23(31-6-12-51-55-31)14-29(35)41(43,44)45)16-27(33)37(57)54-40(10-11-40)21-50-22-64-34-19-26(17-28(34)38(58)53-39(20-49)8-9-39)66(61,62)36-5-3-24(32-7-13-52-56-32)15-30(36)42(46,47)48/h2-7,12-15,25-28,33-34H,8-11,16-19,22H2,1H3,(H3-,51,52,53,54,55,56,57,58)/p+1. The normalized spacial score (nSPS) is 24.5. The third-order valence-electron chi connectivity index (χ3n) is 12.7. The second kappa shape index (κ2) is 17.1. The smallest absolute Gasteiger partial charge is 0.381 e. The number of hydrogen-bond donors (Lipinski definition) is 4. The number of nitriles is 1. The number of carbonyl (C=O) groups is 2. The Labute approximate surface area is 373 Å². The molecule has 8 rings (SSSR count). The van der Waals surface area contributed by atoms with E-state index >= 15 is 0 Å². The monoisotopic (exact) mass is 963 g/mol. The molecular formula is C42H41F6N8O8S2+. The van der Waals surface area contributed by atoms with E-state index in [1.165, 1.54) is 43.8 Å². The third kappa shape index (κ3) is 9.28. The maximum absolute atomic E-state index is 14.4. The number of nitrogens with zero attached hydrogens (tertiary/aromatic N) is 4. The summed E-state index contributed by atoms with van der Waals surface area (Å²) in [6, 6.07) is 13.3. The van der Waals surface area contributed by atoms with E-state index in [1.54, 1.807) is 0 Å². The predicted molar refractivity (Wildman–Crippen MR) is 219 cm³/mol. The molecule has 0 saturated heterocycles. The highest BCUT2D eigenvalue weighted by molar-refractivity contribution is 7.92. The topological polar surface area (TPSA) is 230 Å². The molecule has 6 unspecified atom stereocenters. The van der Waals surface area contributed by atoms with Crippen molar-refractivity contribution >= 4 is 31.5 Å². The van der Waals surface area contributed by atoms with E-state index in [9.17, 15) is 58.0 Å². The van der Waals surface area contributed by atoms with E-state index in [1.807, 2.05) is 6.07 Å². The number of rotatable bonds is 13. The number of halogens is 6. The van der Waals surface area contributed by atoms with Crippen LogP contribution in [-0.4, -0.2) is 96.7 Å². The molecule has 4 saturated carbocycles. The van der Waals surface area contributed by atoms with Crippen LogP contribution in [0.15, 0.2) is 70.7 Å². The number of alkyl halides is 6. The van der Waals surface area contributed by atoms with Crippen LogP contribution in [0.4, 0.5) is 26.3 Å². The van der Waals surface area contributed by atoms with Crippen molar-refractivity contribution in [3.63, 3.8) is 0 Å². The number of H-pyrrole nitrogens is 2. The molecule has 2 aromatic carbocycles. The lowest BCUT2D eigenvalue weighted by Crippen LogP contribution is -2.42. The van der Waals surface area contributed by atoms with Crippen LogP contribution >= 0.6 is 0 Å². The van der Waals surface area contributed by atoms with Gasteiger partial charge in [0.2, 0.25) is 11.8 Å². The van der Waals surface area contributed by atoms with E-state index in [-0.39, 0.29) is 35.4 Å². The molecule has 0 spiro atoms. The average molecular weight is 964 g/mol. The van der Waals surface area contributed by atoms with Crippen LogP contribution < -0.4 is 10.6 Å². The van der Waals surface area contributed by atoms with Crippen molar-refractivity contribution in [3.05, 3.63) is 76.9 Å². The van der Waals surface area contributed by atoms with Crippen LogP contribution in [0.3, 0.4) is 0 Å². The van der Waals surface area contributed by atoms with Crippen molar-refractivity contribution in [2.24, 2.45) is 11.8 Å². The molecule has 4 aromatic rings. The van der Waals surface area contributed by atoms with Gasteiger partial charge in [0.05, 0.1) is 72.9 Å². The zero-order valence-corrected chi connectivity index (χ0v) is 36.4. The minimum absolute atomic E-state index is 0.0412. The summed E-state index contributed by atoms with van der Waals surface area (Å²) in [6.07, 6.45) is -9.73. The summed E-state index contributed by atoms with van der Waals surface area (Å²) < 4.78 is 153. The van der Waals surface area contributed by atoms with Gasteiger partial charge in [0.15, 0.2) is 25.2 Å². The number of aromatic nitrogens is 4. The second-order valence-electron chi connectivity index (χ2n) is 17.0. The van der Waals surface area contributed by atoms with Gasteiger partial charge in [-0.2, -0.15) is 41.8 Å². The van der Waals surface area contributed by atoms with Crippen molar-refractivity contribution in [1.29, 1.82) is 5.26 Å². The summed E-state index contributed by atoms with van der Waals surface area (Å²) in [6.45, 7) is -0.528. The molecule has 0 bridgehead atoms. The molecule has 16 nitrogen and oxygen atoms in total. The highest BCUT2D eigenvalue weighted by Gasteiger charge is 2.54. The highest BCUT2D eigenvalue weighted by Crippen LogP contribution is 2.45. The Hall–Kier alpha value is -5.82. The number of amides is 2. The Bertz CT molecular complexity index is 2850. The first-order valence-electron chi connectivity index (χ1n) is 20.6. The van der Waals surface area contributed by atoms with Gasteiger partial charge in [-0.3, -0.25) is 19.8 Å². The molecule has 0 radical (unpaired) electrons. The van der Waals surface area contributed by atoms with Gasteiger partial charge in [-0.15, -0.1) is 0 Å². The summed E-state index contributed by atoms with van der Waals surface area (Å²) in [7, 11) is -8.16. The Morgan fingerprint density at radius 3 is 1.61 bits per heavy atom. The summed E-state index contributed by atoms with van der Waals surface area (Å²) in [4.78, 5) is 29.5. The Morgan fingerprint density at radius 2 is 1.20 bits per heavy atom. The largest absolute Gasteiger partial charge is 0.417 e. The number of carbonyl (C=O) groups excluding carboxylic acids is 2. The number of aromatic amines is 2. The van der Waals surface area contributed by atoms with Crippen molar-refractivity contribution < 1.29 is 62.2 Å². The molecular weight excluding hydrogens is 923 g/mol. The maximum atomic E-state index is 14.4. The fraction of sp³-hybridized carbons (Fsp3) is 0.476. The average Bonchev–Trinajstić information content (AvgIpc) is 3.78.